The SMILES string of the molecule is CCC[NH+](CC(=O)Nc1ccccc1C)CC(=O)Nc1cc(NC(C)=O)ccc1OC. The summed E-state index contributed by atoms with van der Waals surface area (Å²) >= 11 is 0. The lowest BCUT2D eigenvalue weighted by atomic mass is 10.2. The molecule has 0 aliphatic heterocycles. The van der Waals surface area contributed by atoms with E-state index in [1.807, 2.05) is 38.1 Å². The maximum absolute atomic E-state index is 12.7. The van der Waals surface area contributed by atoms with Crippen molar-refractivity contribution >= 4 is 34.8 Å². The Bertz CT molecular complexity index is 930. The van der Waals surface area contributed by atoms with Gasteiger partial charge in [0, 0.05) is 18.3 Å². The Kier molecular flexibility index (Phi) is 9.02. The third-order valence-corrected chi connectivity index (χ3v) is 4.64. The lowest BCUT2D eigenvalue weighted by molar-refractivity contribution is -0.883. The molecule has 0 radical (unpaired) electrons. The first-order valence-electron chi connectivity index (χ1n) is 10.3. The molecule has 0 aliphatic rings. The van der Waals surface area contributed by atoms with Gasteiger partial charge in [-0.25, -0.2) is 0 Å². The predicted octanol–water partition coefficient (Wildman–Crippen LogP) is 1.83. The van der Waals surface area contributed by atoms with Gasteiger partial charge in [0.2, 0.25) is 5.91 Å². The largest absolute Gasteiger partial charge is 0.495 e. The number of carbonyl (C=O) groups excluding carboxylic acids is 3. The molecule has 4 N–H and O–H groups in total. The molecule has 0 spiro atoms. The van der Waals surface area contributed by atoms with E-state index in [2.05, 4.69) is 16.0 Å². The van der Waals surface area contributed by atoms with Gasteiger partial charge in [-0.15, -0.1) is 0 Å². The van der Waals surface area contributed by atoms with E-state index < -0.39 is 0 Å². The third-order valence-electron chi connectivity index (χ3n) is 4.64. The van der Waals surface area contributed by atoms with Crippen molar-refractivity contribution in [1.82, 2.24) is 0 Å². The maximum Gasteiger partial charge on any atom is 0.279 e. The number of hydrogen-bond donors (Lipinski definition) is 4. The van der Waals surface area contributed by atoms with Gasteiger partial charge in [-0.1, -0.05) is 25.1 Å². The van der Waals surface area contributed by atoms with Gasteiger partial charge in [0.15, 0.2) is 13.1 Å². The number of amides is 3. The number of aryl methyl sites for hydroxylation is 1. The van der Waals surface area contributed by atoms with Crippen LogP contribution in [0.3, 0.4) is 0 Å². The quantitative estimate of drug-likeness (QED) is 0.465. The number of carbonyl (C=O) groups is 3. The Morgan fingerprint density at radius 1 is 0.935 bits per heavy atom. The number of quaternary nitrogens is 1. The molecule has 2 rings (SSSR count). The fraction of sp³-hybridized carbons (Fsp3) is 0.348. The van der Waals surface area contributed by atoms with E-state index >= 15 is 0 Å². The number of hydrogen-bond acceptors (Lipinski definition) is 4. The average molecular weight is 428 g/mol. The van der Waals surface area contributed by atoms with Gasteiger partial charge in [0.25, 0.3) is 11.8 Å². The summed E-state index contributed by atoms with van der Waals surface area (Å²) in [4.78, 5) is 37.4. The van der Waals surface area contributed by atoms with Crippen LogP contribution in [-0.4, -0.2) is 44.5 Å². The molecule has 166 valence electrons. The van der Waals surface area contributed by atoms with E-state index in [0.29, 0.717) is 23.7 Å². The first kappa shape index (κ1) is 23.9. The van der Waals surface area contributed by atoms with Gasteiger partial charge in [-0.3, -0.25) is 14.4 Å². The van der Waals surface area contributed by atoms with Crippen molar-refractivity contribution < 1.29 is 24.0 Å². The molecule has 0 fully saturated rings. The van der Waals surface area contributed by atoms with E-state index in [1.165, 1.54) is 14.0 Å². The van der Waals surface area contributed by atoms with Crippen LogP contribution in [0.5, 0.6) is 5.75 Å². The summed E-state index contributed by atoms with van der Waals surface area (Å²) in [6, 6.07) is 12.6. The van der Waals surface area contributed by atoms with E-state index in [1.54, 1.807) is 18.2 Å². The van der Waals surface area contributed by atoms with Crippen LogP contribution in [0.25, 0.3) is 0 Å². The summed E-state index contributed by atoms with van der Waals surface area (Å²) in [5.74, 6) is -0.112. The molecule has 8 nitrogen and oxygen atoms in total. The molecule has 0 aliphatic carbocycles. The van der Waals surface area contributed by atoms with E-state index in [9.17, 15) is 14.4 Å². The zero-order valence-electron chi connectivity index (χ0n) is 18.5. The minimum Gasteiger partial charge on any atom is -0.495 e. The Morgan fingerprint density at radius 2 is 1.58 bits per heavy atom. The molecule has 3 amide bonds. The number of benzene rings is 2. The number of methoxy groups -OCH3 is 1. The highest BCUT2D eigenvalue weighted by atomic mass is 16.5. The van der Waals surface area contributed by atoms with Crippen LogP contribution in [0.2, 0.25) is 0 Å². The number of anilines is 3. The molecule has 0 heterocycles. The molecule has 1 unspecified atom stereocenters. The standard InChI is InChI=1S/C23H30N4O4/c1-5-12-27(14-22(29)25-19-9-7-6-8-16(19)2)15-23(30)26-20-13-18(24-17(3)28)10-11-21(20)31-4/h6-11,13H,5,12,14-15H2,1-4H3,(H,24,28)(H,25,29)(H,26,30)/p+1. The van der Waals surface area contributed by atoms with Crippen molar-refractivity contribution in [2.24, 2.45) is 0 Å². The van der Waals surface area contributed by atoms with Gasteiger partial charge in [0.05, 0.1) is 19.3 Å². The second-order valence-corrected chi connectivity index (χ2v) is 7.36. The Morgan fingerprint density at radius 3 is 2.16 bits per heavy atom. The molecule has 0 bridgehead atoms. The third kappa shape index (κ3) is 7.75. The van der Waals surface area contributed by atoms with Crippen molar-refractivity contribution in [2.45, 2.75) is 27.2 Å². The number of ether oxygens (including phenoxy) is 1. The molecule has 31 heavy (non-hydrogen) atoms. The van der Waals surface area contributed by atoms with Crippen LogP contribution >= 0.6 is 0 Å². The topological polar surface area (TPSA) is 101 Å². The predicted molar refractivity (Wildman–Crippen MR) is 122 cm³/mol. The second-order valence-electron chi connectivity index (χ2n) is 7.36. The summed E-state index contributed by atoms with van der Waals surface area (Å²) in [5.41, 5.74) is 2.77. The van der Waals surface area contributed by atoms with Crippen molar-refractivity contribution in [1.29, 1.82) is 0 Å². The van der Waals surface area contributed by atoms with Crippen molar-refractivity contribution in [3.05, 3.63) is 48.0 Å². The highest BCUT2D eigenvalue weighted by Crippen LogP contribution is 2.27. The first-order valence-corrected chi connectivity index (χ1v) is 10.3. The van der Waals surface area contributed by atoms with Crippen LogP contribution in [0.15, 0.2) is 42.5 Å². The molecule has 0 aromatic heterocycles. The van der Waals surface area contributed by atoms with Gasteiger partial charge in [0.1, 0.15) is 5.75 Å². The summed E-state index contributed by atoms with van der Waals surface area (Å²) in [6.45, 7) is 6.34. The molecule has 2 aromatic carbocycles. The van der Waals surface area contributed by atoms with Crippen molar-refractivity contribution in [3.63, 3.8) is 0 Å². The smallest absolute Gasteiger partial charge is 0.279 e. The average Bonchev–Trinajstić information content (AvgIpc) is 2.69. The number of rotatable bonds is 10. The zero-order valence-corrected chi connectivity index (χ0v) is 18.5. The first-order chi connectivity index (χ1) is 14.8. The number of nitrogens with one attached hydrogen (secondary N) is 4. The van der Waals surface area contributed by atoms with Gasteiger partial charge in [-0.05, 0) is 43.2 Å². The van der Waals surface area contributed by atoms with Gasteiger partial charge >= 0.3 is 0 Å². The molecule has 1 atom stereocenters. The Labute approximate surface area is 183 Å². The minimum absolute atomic E-state index is 0.128. The summed E-state index contributed by atoms with van der Waals surface area (Å²) < 4.78 is 5.30. The van der Waals surface area contributed by atoms with Crippen LogP contribution in [0.4, 0.5) is 17.1 Å². The van der Waals surface area contributed by atoms with Gasteiger partial charge < -0.3 is 25.6 Å². The lowest BCUT2D eigenvalue weighted by Gasteiger charge is -2.19. The zero-order chi connectivity index (χ0) is 22.8. The summed E-state index contributed by atoms with van der Waals surface area (Å²) in [5, 5.41) is 8.42. The normalized spacial score (nSPS) is 11.4. The van der Waals surface area contributed by atoms with Crippen molar-refractivity contribution in [2.75, 3.05) is 42.7 Å². The fourth-order valence-corrected chi connectivity index (χ4v) is 3.24. The highest BCUT2D eigenvalue weighted by molar-refractivity contribution is 5.96. The van der Waals surface area contributed by atoms with Crippen molar-refractivity contribution in [3.8, 4) is 5.75 Å². The molecule has 0 saturated carbocycles. The fourth-order valence-electron chi connectivity index (χ4n) is 3.24. The lowest BCUT2D eigenvalue weighted by Crippen LogP contribution is -3.14. The van der Waals surface area contributed by atoms with Gasteiger partial charge in [-0.2, -0.15) is 0 Å². The Balaban J connectivity index is 2.02. The molecular formula is C23H31N4O4+. The molecule has 8 heteroatoms. The van der Waals surface area contributed by atoms with Crippen LogP contribution in [0, 0.1) is 6.92 Å². The minimum atomic E-state index is -0.245. The van der Waals surface area contributed by atoms with Crippen LogP contribution < -0.4 is 25.6 Å². The maximum atomic E-state index is 12.7. The van der Waals surface area contributed by atoms with E-state index in [4.69, 9.17) is 4.74 Å². The highest BCUT2D eigenvalue weighted by Gasteiger charge is 2.19. The molecular weight excluding hydrogens is 396 g/mol. The van der Waals surface area contributed by atoms with E-state index in [-0.39, 0.29) is 30.8 Å². The second kappa shape index (κ2) is 11.7. The molecule has 2 aromatic rings. The van der Waals surface area contributed by atoms with E-state index in [0.717, 1.165) is 22.6 Å². The van der Waals surface area contributed by atoms with Crippen LogP contribution in [-0.2, 0) is 14.4 Å². The molecule has 0 saturated heterocycles. The van der Waals surface area contributed by atoms with Crippen LogP contribution in [0.1, 0.15) is 25.8 Å². The summed E-state index contributed by atoms with van der Waals surface area (Å²) in [7, 11) is 1.51. The Hall–Kier alpha value is -3.39. The summed E-state index contributed by atoms with van der Waals surface area (Å²) in [6.07, 6.45) is 0.835. The number of para-hydroxylation sites is 1. The monoisotopic (exact) mass is 427 g/mol.